The highest BCUT2D eigenvalue weighted by Gasteiger charge is 2.05. The third kappa shape index (κ3) is 3.94. The number of nitrogens with zero attached hydrogens (tertiary/aromatic N) is 2. The van der Waals surface area contributed by atoms with Crippen molar-refractivity contribution in [2.45, 2.75) is 33.1 Å². The number of rotatable bonds is 6. The second kappa shape index (κ2) is 6.90. The molecule has 0 saturated heterocycles. The maximum atomic E-state index is 8.67. The van der Waals surface area contributed by atoms with Crippen LogP contribution in [0.15, 0.2) is 24.3 Å². The van der Waals surface area contributed by atoms with Crippen LogP contribution in [-0.2, 0) is 0 Å². The van der Waals surface area contributed by atoms with Gasteiger partial charge in [0.25, 0.3) is 0 Å². The van der Waals surface area contributed by atoms with Crippen LogP contribution >= 0.6 is 0 Å². The van der Waals surface area contributed by atoms with Crippen molar-refractivity contribution < 1.29 is 0 Å². The smallest absolute Gasteiger partial charge is 0.0640 e. The van der Waals surface area contributed by atoms with Gasteiger partial charge in [-0.05, 0) is 31.0 Å². The molecule has 0 N–H and O–H groups in total. The summed E-state index contributed by atoms with van der Waals surface area (Å²) in [5, 5.41) is 8.67. The number of hydrogen-bond acceptors (Lipinski definition) is 2. The third-order valence-electron chi connectivity index (χ3n) is 2.64. The molecular weight excluding hydrogens is 196 g/mol. The first-order chi connectivity index (χ1) is 7.77. The lowest BCUT2D eigenvalue weighted by atomic mass is 10.2. The molecule has 1 aromatic rings. The van der Waals surface area contributed by atoms with E-state index in [-0.39, 0.29) is 0 Å². The normalized spacial score (nSPS) is 9.81. The van der Waals surface area contributed by atoms with Gasteiger partial charge in [0.2, 0.25) is 0 Å². The van der Waals surface area contributed by atoms with Crippen LogP contribution < -0.4 is 4.90 Å². The van der Waals surface area contributed by atoms with Gasteiger partial charge in [0.05, 0.1) is 12.5 Å². The van der Waals surface area contributed by atoms with Gasteiger partial charge in [0.15, 0.2) is 0 Å². The minimum absolute atomic E-state index is 0.595. The summed E-state index contributed by atoms with van der Waals surface area (Å²) in [6, 6.07) is 10.7. The van der Waals surface area contributed by atoms with Crippen molar-refractivity contribution in [1.82, 2.24) is 0 Å². The van der Waals surface area contributed by atoms with Crippen LogP contribution in [0.4, 0.5) is 5.69 Å². The van der Waals surface area contributed by atoms with Gasteiger partial charge in [-0.3, -0.25) is 0 Å². The van der Waals surface area contributed by atoms with Crippen molar-refractivity contribution in [3.8, 4) is 6.07 Å². The molecule has 86 valence electrons. The van der Waals surface area contributed by atoms with E-state index in [9.17, 15) is 0 Å². The van der Waals surface area contributed by atoms with E-state index in [1.54, 1.807) is 0 Å². The number of unbranched alkanes of at least 4 members (excludes halogenated alkanes) is 1. The van der Waals surface area contributed by atoms with Crippen molar-refractivity contribution in [2.75, 3.05) is 18.0 Å². The molecule has 16 heavy (non-hydrogen) atoms. The molecule has 2 nitrogen and oxygen atoms in total. The monoisotopic (exact) mass is 216 g/mol. The van der Waals surface area contributed by atoms with Gasteiger partial charge >= 0.3 is 0 Å². The Morgan fingerprint density at radius 1 is 1.31 bits per heavy atom. The third-order valence-corrected chi connectivity index (χ3v) is 2.64. The van der Waals surface area contributed by atoms with Crippen LogP contribution in [0.2, 0.25) is 0 Å². The van der Waals surface area contributed by atoms with Crippen LogP contribution in [0.1, 0.15) is 31.7 Å². The molecule has 2 heteroatoms. The van der Waals surface area contributed by atoms with E-state index in [4.69, 9.17) is 5.26 Å². The van der Waals surface area contributed by atoms with Gasteiger partial charge in [0.1, 0.15) is 0 Å². The average Bonchev–Trinajstić information content (AvgIpc) is 2.29. The minimum atomic E-state index is 0.595. The topological polar surface area (TPSA) is 27.0 Å². The Hall–Kier alpha value is -1.49. The minimum Gasteiger partial charge on any atom is -0.370 e. The molecular formula is C14H20N2. The fourth-order valence-corrected chi connectivity index (χ4v) is 1.73. The van der Waals surface area contributed by atoms with Crippen molar-refractivity contribution in [3.63, 3.8) is 0 Å². The lowest BCUT2D eigenvalue weighted by Gasteiger charge is -2.24. The number of aryl methyl sites for hydroxylation is 1. The Morgan fingerprint density at radius 2 is 2.12 bits per heavy atom. The lowest BCUT2D eigenvalue weighted by Crippen LogP contribution is -2.25. The Bertz CT molecular complexity index is 352. The molecule has 0 aliphatic heterocycles. The van der Waals surface area contributed by atoms with Crippen molar-refractivity contribution in [2.24, 2.45) is 0 Å². The fraction of sp³-hybridized carbons (Fsp3) is 0.500. The number of nitriles is 1. The zero-order valence-corrected chi connectivity index (χ0v) is 10.2. The predicted octanol–water partition coefficient (Wildman–Crippen LogP) is 3.52. The molecule has 0 spiro atoms. The maximum absolute atomic E-state index is 8.67. The van der Waals surface area contributed by atoms with Gasteiger partial charge in [-0.2, -0.15) is 5.26 Å². The predicted molar refractivity (Wildman–Crippen MR) is 68.5 cm³/mol. The van der Waals surface area contributed by atoms with E-state index in [2.05, 4.69) is 49.1 Å². The van der Waals surface area contributed by atoms with E-state index >= 15 is 0 Å². The van der Waals surface area contributed by atoms with Gasteiger partial charge in [-0.15, -0.1) is 0 Å². The SMILES string of the molecule is CCCCN(CCC#N)c1cccc(C)c1. The van der Waals surface area contributed by atoms with Crippen LogP contribution in [0, 0.1) is 18.3 Å². The van der Waals surface area contributed by atoms with E-state index < -0.39 is 0 Å². The Kier molecular flexibility index (Phi) is 5.42. The van der Waals surface area contributed by atoms with Gasteiger partial charge < -0.3 is 4.90 Å². The largest absolute Gasteiger partial charge is 0.370 e. The summed E-state index contributed by atoms with van der Waals surface area (Å²) in [5.41, 5.74) is 2.51. The van der Waals surface area contributed by atoms with Crippen LogP contribution in [-0.4, -0.2) is 13.1 Å². The highest BCUT2D eigenvalue weighted by Crippen LogP contribution is 2.16. The molecule has 0 heterocycles. The number of benzene rings is 1. The molecule has 0 unspecified atom stereocenters. The fourth-order valence-electron chi connectivity index (χ4n) is 1.73. The molecule has 0 atom stereocenters. The standard InChI is InChI=1S/C14H20N2/c1-3-4-10-16(11-6-9-15)14-8-5-7-13(2)12-14/h5,7-8,12H,3-4,6,10-11H2,1-2H3. The highest BCUT2D eigenvalue weighted by atomic mass is 15.1. The summed E-state index contributed by atoms with van der Waals surface area (Å²) < 4.78 is 0. The van der Waals surface area contributed by atoms with E-state index in [1.807, 2.05) is 0 Å². The Morgan fingerprint density at radius 3 is 2.75 bits per heavy atom. The zero-order chi connectivity index (χ0) is 11.8. The lowest BCUT2D eigenvalue weighted by molar-refractivity contribution is 0.718. The molecule has 0 bridgehead atoms. The number of hydrogen-bond donors (Lipinski definition) is 0. The summed E-state index contributed by atoms with van der Waals surface area (Å²) in [6.07, 6.45) is 2.96. The molecule has 0 aliphatic carbocycles. The van der Waals surface area contributed by atoms with Crippen molar-refractivity contribution >= 4 is 5.69 Å². The van der Waals surface area contributed by atoms with E-state index in [0.29, 0.717) is 6.42 Å². The zero-order valence-electron chi connectivity index (χ0n) is 10.2. The molecule has 0 radical (unpaired) electrons. The van der Waals surface area contributed by atoms with Crippen LogP contribution in [0.3, 0.4) is 0 Å². The molecule has 0 aliphatic rings. The highest BCUT2D eigenvalue weighted by molar-refractivity contribution is 5.48. The van der Waals surface area contributed by atoms with Crippen molar-refractivity contribution in [3.05, 3.63) is 29.8 Å². The Balaban J connectivity index is 2.70. The van der Waals surface area contributed by atoms with E-state index in [1.165, 1.54) is 24.1 Å². The second-order valence-corrected chi connectivity index (χ2v) is 4.09. The molecule has 0 amide bonds. The summed E-state index contributed by atoms with van der Waals surface area (Å²) in [7, 11) is 0. The molecule has 1 rings (SSSR count). The van der Waals surface area contributed by atoms with Gasteiger partial charge in [-0.25, -0.2) is 0 Å². The summed E-state index contributed by atoms with van der Waals surface area (Å²) in [5.74, 6) is 0. The van der Waals surface area contributed by atoms with Gasteiger partial charge in [-0.1, -0.05) is 25.5 Å². The van der Waals surface area contributed by atoms with Crippen LogP contribution in [0.25, 0.3) is 0 Å². The molecule has 0 aromatic heterocycles. The first-order valence-corrected chi connectivity index (χ1v) is 5.96. The molecule has 0 saturated carbocycles. The summed E-state index contributed by atoms with van der Waals surface area (Å²) >= 11 is 0. The van der Waals surface area contributed by atoms with E-state index in [0.717, 1.165) is 13.1 Å². The van der Waals surface area contributed by atoms with Gasteiger partial charge in [0, 0.05) is 18.8 Å². The quantitative estimate of drug-likeness (QED) is 0.727. The maximum Gasteiger partial charge on any atom is 0.0640 e. The molecule has 0 fully saturated rings. The molecule has 1 aromatic carbocycles. The number of anilines is 1. The average molecular weight is 216 g/mol. The second-order valence-electron chi connectivity index (χ2n) is 4.09. The van der Waals surface area contributed by atoms with Crippen LogP contribution in [0.5, 0.6) is 0 Å². The summed E-state index contributed by atoms with van der Waals surface area (Å²) in [6.45, 7) is 6.17. The Labute approximate surface area is 98.5 Å². The first kappa shape index (κ1) is 12.6. The summed E-state index contributed by atoms with van der Waals surface area (Å²) in [4.78, 5) is 2.31. The van der Waals surface area contributed by atoms with Crippen molar-refractivity contribution in [1.29, 1.82) is 5.26 Å². The first-order valence-electron chi connectivity index (χ1n) is 5.96.